The van der Waals surface area contributed by atoms with Gasteiger partial charge in [0.05, 0.1) is 4.92 Å². The number of nitro groups is 1. The molecule has 0 bridgehead atoms. The van der Waals surface area contributed by atoms with Gasteiger partial charge < -0.3 is 10.2 Å². The smallest absolute Gasteiger partial charge is 0.287 e. The number of hydrogen-bond acceptors (Lipinski definition) is 5. The van der Waals surface area contributed by atoms with E-state index in [0.29, 0.717) is 18.8 Å². The Kier molecular flexibility index (Phi) is 5.08. The fourth-order valence-electron chi connectivity index (χ4n) is 3.26. The van der Waals surface area contributed by atoms with Crippen molar-refractivity contribution in [1.82, 2.24) is 9.88 Å². The van der Waals surface area contributed by atoms with Crippen LogP contribution >= 0.6 is 0 Å². The van der Waals surface area contributed by atoms with Crippen LogP contribution in [-0.2, 0) is 4.79 Å². The van der Waals surface area contributed by atoms with Crippen LogP contribution in [0.1, 0.15) is 38.5 Å². The monoisotopic (exact) mass is 330 g/mol. The van der Waals surface area contributed by atoms with Gasteiger partial charge in [0, 0.05) is 31.6 Å². The number of anilines is 1. The second-order valence-corrected chi connectivity index (χ2v) is 6.41. The van der Waals surface area contributed by atoms with E-state index in [0.717, 1.165) is 25.8 Å². The third kappa shape index (κ3) is 4.10. The predicted octanol–water partition coefficient (Wildman–Crippen LogP) is 2.89. The van der Waals surface area contributed by atoms with Crippen LogP contribution in [0.5, 0.6) is 0 Å². The normalized spacial score (nSPS) is 20.6. The standard InChI is InChI=1S/C17H22N4O3/c22-17(10-13-4-2-1-3-5-13)20-9-8-14(12-20)19-16-7-6-15(11-18-16)21(23)24/h4,6-7,11,14H,1-3,5,8-10,12H2,(H,18,19)/t14-/m0/s1. The molecule has 0 saturated carbocycles. The first-order valence-corrected chi connectivity index (χ1v) is 8.44. The number of likely N-dealkylation sites (tertiary alicyclic amines) is 1. The third-order valence-electron chi connectivity index (χ3n) is 4.61. The summed E-state index contributed by atoms with van der Waals surface area (Å²) in [5, 5.41) is 13.9. The number of rotatable bonds is 5. The first-order chi connectivity index (χ1) is 11.6. The summed E-state index contributed by atoms with van der Waals surface area (Å²) in [4.78, 5) is 28.5. The zero-order chi connectivity index (χ0) is 16.9. The number of nitrogens with one attached hydrogen (secondary N) is 1. The summed E-state index contributed by atoms with van der Waals surface area (Å²) in [7, 11) is 0. The lowest BCUT2D eigenvalue weighted by Gasteiger charge is -2.19. The predicted molar refractivity (Wildman–Crippen MR) is 90.7 cm³/mol. The van der Waals surface area contributed by atoms with Gasteiger partial charge in [0.1, 0.15) is 12.0 Å². The third-order valence-corrected chi connectivity index (χ3v) is 4.61. The SMILES string of the molecule is O=C(CC1=CCCCC1)N1CC[C@H](Nc2ccc([N+](=O)[O-])cn2)C1. The Morgan fingerprint density at radius 2 is 2.29 bits per heavy atom. The van der Waals surface area contributed by atoms with Crippen molar-refractivity contribution in [2.75, 3.05) is 18.4 Å². The molecule has 2 aliphatic rings. The lowest BCUT2D eigenvalue weighted by molar-refractivity contribution is -0.385. The number of carbonyl (C=O) groups excluding carboxylic acids is 1. The molecule has 3 rings (SSSR count). The van der Waals surface area contributed by atoms with E-state index in [1.54, 1.807) is 6.07 Å². The van der Waals surface area contributed by atoms with Crippen LogP contribution in [0.3, 0.4) is 0 Å². The van der Waals surface area contributed by atoms with Crippen molar-refractivity contribution in [3.05, 3.63) is 40.1 Å². The van der Waals surface area contributed by atoms with Gasteiger partial charge in [0.2, 0.25) is 5.91 Å². The van der Waals surface area contributed by atoms with E-state index in [9.17, 15) is 14.9 Å². The van der Waals surface area contributed by atoms with E-state index in [-0.39, 0.29) is 17.6 Å². The van der Waals surface area contributed by atoms with Crippen LogP contribution in [0.15, 0.2) is 30.0 Å². The minimum Gasteiger partial charge on any atom is -0.365 e. The van der Waals surface area contributed by atoms with E-state index >= 15 is 0 Å². The average molecular weight is 330 g/mol. The minimum atomic E-state index is -0.466. The molecular weight excluding hydrogens is 308 g/mol. The highest BCUT2D eigenvalue weighted by Gasteiger charge is 2.26. The highest BCUT2D eigenvalue weighted by molar-refractivity contribution is 5.79. The van der Waals surface area contributed by atoms with Crippen LogP contribution < -0.4 is 5.32 Å². The van der Waals surface area contributed by atoms with Crippen molar-refractivity contribution in [2.45, 2.75) is 44.6 Å². The Morgan fingerprint density at radius 3 is 2.96 bits per heavy atom. The number of carbonyl (C=O) groups is 1. The highest BCUT2D eigenvalue weighted by atomic mass is 16.6. The molecule has 128 valence electrons. The quantitative estimate of drug-likeness (QED) is 0.509. The van der Waals surface area contributed by atoms with Crippen molar-refractivity contribution in [2.24, 2.45) is 0 Å². The van der Waals surface area contributed by atoms with Gasteiger partial charge in [-0.15, -0.1) is 0 Å². The van der Waals surface area contributed by atoms with Gasteiger partial charge in [-0.1, -0.05) is 11.6 Å². The fourth-order valence-corrected chi connectivity index (χ4v) is 3.26. The first kappa shape index (κ1) is 16.4. The highest BCUT2D eigenvalue weighted by Crippen LogP contribution is 2.23. The van der Waals surface area contributed by atoms with Crippen molar-refractivity contribution in [1.29, 1.82) is 0 Å². The average Bonchev–Trinajstić information content (AvgIpc) is 3.05. The maximum atomic E-state index is 12.4. The van der Waals surface area contributed by atoms with E-state index in [2.05, 4.69) is 16.4 Å². The largest absolute Gasteiger partial charge is 0.365 e. The molecule has 1 atom stereocenters. The Balaban J connectivity index is 1.50. The molecular formula is C17H22N4O3. The lowest BCUT2D eigenvalue weighted by atomic mass is 9.97. The molecule has 0 aromatic carbocycles. The number of amides is 1. The molecule has 1 fully saturated rings. The topological polar surface area (TPSA) is 88.4 Å². The summed E-state index contributed by atoms with van der Waals surface area (Å²) in [6.07, 6.45) is 9.44. The summed E-state index contributed by atoms with van der Waals surface area (Å²) in [5.74, 6) is 0.805. The van der Waals surface area contributed by atoms with Gasteiger partial charge in [0.15, 0.2) is 0 Å². The molecule has 24 heavy (non-hydrogen) atoms. The van der Waals surface area contributed by atoms with E-state index < -0.39 is 4.92 Å². The molecule has 7 heteroatoms. The fraction of sp³-hybridized carbons (Fsp3) is 0.529. The minimum absolute atomic E-state index is 0.0236. The Morgan fingerprint density at radius 1 is 1.42 bits per heavy atom. The summed E-state index contributed by atoms with van der Waals surface area (Å²) < 4.78 is 0. The molecule has 0 radical (unpaired) electrons. The number of nitrogens with zero attached hydrogens (tertiary/aromatic N) is 3. The summed E-state index contributed by atoms with van der Waals surface area (Å²) >= 11 is 0. The van der Waals surface area contributed by atoms with Crippen molar-refractivity contribution in [3.8, 4) is 0 Å². The van der Waals surface area contributed by atoms with Crippen LogP contribution in [0, 0.1) is 10.1 Å². The van der Waals surface area contributed by atoms with E-state index in [1.165, 1.54) is 30.7 Å². The number of pyridine rings is 1. The summed E-state index contributed by atoms with van der Waals surface area (Å²) in [5.41, 5.74) is 1.25. The first-order valence-electron chi connectivity index (χ1n) is 8.44. The van der Waals surface area contributed by atoms with Crippen LogP contribution in [-0.4, -0.2) is 39.8 Å². The van der Waals surface area contributed by atoms with E-state index in [1.807, 2.05) is 4.90 Å². The molecule has 1 aliphatic carbocycles. The lowest BCUT2D eigenvalue weighted by Crippen LogP contribution is -2.31. The zero-order valence-electron chi connectivity index (χ0n) is 13.6. The zero-order valence-corrected chi connectivity index (χ0v) is 13.6. The van der Waals surface area contributed by atoms with Crippen LogP contribution in [0.2, 0.25) is 0 Å². The van der Waals surface area contributed by atoms with Gasteiger partial charge >= 0.3 is 0 Å². The maximum absolute atomic E-state index is 12.4. The molecule has 0 spiro atoms. The van der Waals surface area contributed by atoms with E-state index in [4.69, 9.17) is 0 Å². The second-order valence-electron chi connectivity index (χ2n) is 6.41. The van der Waals surface area contributed by atoms with Gasteiger partial charge in [0.25, 0.3) is 5.69 Å². The molecule has 1 amide bonds. The molecule has 1 aromatic rings. The summed E-state index contributed by atoms with van der Waals surface area (Å²) in [6.45, 7) is 1.40. The molecule has 1 aliphatic heterocycles. The molecule has 0 unspecified atom stereocenters. The van der Waals surface area contributed by atoms with Crippen LogP contribution in [0.25, 0.3) is 0 Å². The number of allylic oxidation sites excluding steroid dienone is 1. The molecule has 1 N–H and O–H groups in total. The Hall–Kier alpha value is -2.44. The number of hydrogen-bond donors (Lipinski definition) is 1. The van der Waals surface area contributed by atoms with Crippen molar-refractivity contribution < 1.29 is 9.72 Å². The molecule has 1 saturated heterocycles. The molecule has 1 aromatic heterocycles. The Labute approximate surface area is 140 Å². The van der Waals surface area contributed by atoms with Crippen molar-refractivity contribution in [3.63, 3.8) is 0 Å². The number of aromatic nitrogens is 1. The van der Waals surface area contributed by atoms with Gasteiger partial charge in [-0.25, -0.2) is 4.98 Å². The van der Waals surface area contributed by atoms with Crippen molar-refractivity contribution >= 4 is 17.4 Å². The van der Waals surface area contributed by atoms with Gasteiger partial charge in [-0.2, -0.15) is 0 Å². The molecule has 7 nitrogen and oxygen atoms in total. The summed E-state index contributed by atoms with van der Waals surface area (Å²) in [6, 6.07) is 3.18. The molecule has 2 heterocycles. The Bertz CT molecular complexity index is 642. The van der Waals surface area contributed by atoms with Gasteiger partial charge in [-0.3, -0.25) is 14.9 Å². The van der Waals surface area contributed by atoms with Gasteiger partial charge in [-0.05, 0) is 38.2 Å². The van der Waals surface area contributed by atoms with Crippen LogP contribution in [0.4, 0.5) is 11.5 Å². The maximum Gasteiger partial charge on any atom is 0.287 e. The second kappa shape index (κ2) is 7.42.